The van der Waals surface area contributed by atoms with Crippen LogP contribution in [0.3, 0.4) is 0 Å². The topological polar surface area (TPSA) is 20.3 Å². The van der Waals surface area contributed by atoms with Crippen LogP contribution in [0.4, 0.5) is 5.69 Å². The zero-order valence-corrected chi connectivity index (χ0v) is 10.8. The first kappa shape index (κ1) is 12.2. The van der Waals surface area contributed by atoms with Crippen LogP contribution in [0.15, 0.2) is 12.1 Å². The van der Waals surface area contributed by atoms with E-state index in [-0.39, 0.29) is 0 Å². The number of benzene rings is 1. The van der Waals surface area contributed by atoms with Gasteiger partial charge in [0.1, 0.15) is 6.29 Å². The second-order valence-corrected chi connectivity index (χ2v) is 4.86. The van der Waals surface area contributed by atoms with Gasteiger partial charge in [-0.1, -0.05) is 6.92 Å². The number of nitrogens with zero attached hydrogens (tertiary/aromatic N) is 1. The van der Waals surface area contributed by atoms with Gasteiger partial charge in [-0.3, -0.25) is 4.79 Å². The van der Waals surface area contributed by atoms with Gasteiger partial charge in [0.25, 0.3) is 0 Å². The molecule has 2 heteroatoms. The van der Waals surface area contributed by atoms with E-state index in [1.165, 1.54) is 36.1 Å². The third-order valence-electron chi connectivity index (χ3n) is 3.59. The highest BCUT2D eigenvalue weighted by Crippen LogP contribution is 2.29. The molecule has 1 saturated heterocycles. The van der Waals surface area contributed by atoms with Crippen molar-refractivity contribution in [3.63, 3.8) is 0 Å². The summed E-state index contributed by atoms with van der Waals surface area (Å²) in [6.07, 6.45) is 5.87. The molecule has 0 spiro atoms. The minimum atomic E-state index is 0.806. The second kappa shape index (κ2) is 5.35. The largest absolute Gasteiger partial charge is 0.371 e. The van der Waals surface area contributed by atoms with Crippen molar-refractivity contribution in [1.82, 2.24) is 0 Å². The van der Waals surface area contributed by atoms with Crippen molar-refractivity contribution in [3.05, 3.63) is 28.8 Å². The van der Waals surface area contributed by atoms with Crippen molar-refractivity contribution < 1.29 is 4.79 Å². The molecule has 0 aromatic heterocycles. The molecule has 0 aliphatic carbocycles. The minimum absolute atomic E-state index is 0.806. The number of rotatable bonds is 3. The lowest BCUT2D eigenvalue weighted by molar-refractivity contribution is 0.112. The van der Waals surface area contributed by atoms with Gasteiger partial charge in [-0.05, 0) is 55.9 Å². The van der Waals surface area contributed by atoms with Crippen molar-refractivity contribution in [3.8, 4) is 0 Å². The molecule has 2 rings (SSSR count). The molecule has 1 fully saturated rings. The molecule has 0 N–H and O–H groups in total. The van der Waals surface area contributed by atoms with E-state index < -0.39 is 0 Å². The molecule has 1 aromatic carbocycles. The maximum atomic E-state index is 10.9. The van der Waals surface area contributed by atoms with E-state index in [1.54, 1.807) is 0 Å². The predicted molar refractivity (Wildman–Crippen MR) is 72.0 cm³/mol. The standard InChI is InChI=1S/C15H21NO/c1-3-14-10-13(11-17)9-12(2)15(14)16-7-5-4-6-8-16/h9-11H,3-8H2,1-2H3. The Morgan fingerprint density at radius 2 is 1.94 bits per heavy atom. The number of carbonyl (C=O) groups excluding carboxylic acids is 1. The molecule has 1 aliphatic heterocycles. The molecular formula is C15H21NO. The van der Waals surface area contributed by atoms with Crippen molar-refractivity contribution >= 4 is 12.0 Å². The van der Waals surface area contributed by atoms with Crippen LogP contribution in [0.5, 0.6) is 0 Å². The highest BCUT2D eigenvalue weighted by Gasteiger charge is 2.16. The summed E-state index contributed by atoms with van der Waals surface area (Å²) in [6.45, 7) is 6.61. The molecule has 0 radical (unpaired) electrons. The predicted octanol–water partition coefficient (Wildman–Crippen LogP) is 3.36. The van der Waals surface area contributed by atoms with E-state index in [1.807, 2.05) is 12.1 Å². The van der Waals surface area contributed by atoms with Gasteiger partial charge in [-0.15, -0.1) is 0 Å². The van der Waals surface area contributed by atoms with Gasteiger partial charge in [0.15, 0.2) is 0 Å². The molecule has 0 atom stereocenters. The van der Waals surface area contributed by atoms with Gasteiger partial charge in [-0.25, -0.2) is 0 Å². The van der Waals surface area contributed by atoms with Crippen LogP contribution in [-0.2, 0) is 6.42 Å². The van der Waals surface area contributed by atoms with E-state index in [4.69, 9.17) is 0 Å². The fourth-order valence-electron chi connectivity index (χ4n) is 2.79. The number of aryl methyl sites for hydroxylation is 2. The average Bonchev–Trinajstić information content (AvgIpc) is 2.38. The number of piperidine rings is 1. The molecule has 0 unspecified atom stereocenters. The SMILES string of the molecule is CCc1cc(C=O)cc(C)c1N1CCCCC1. The van der Waals surface area contributed by atoms with Gasteiger partial charge in [0, 0.05) is 24.3 Å². The summed E-state index contributed by atoms with van der Waals surface area (Å²) in [4.78, 5) is 13.4. The third kappa shape index (κ3) is 2.51. The van der Waals surface area contributed by atoms with Crippen LogP contribution < -0.4 is 4.90 Å². The second-order valence-electron chi connectivity index (χ2n) is 4.86. The van der Waals surface area contributed by atoms with Crippen molar-refractivity contribution in [2.75, 3.05) is 18.0 Å². The molecular weight excluding hydrogens is 210 g/mol. The molecule has 1 aliphatic rings. The van der Waals surface area contributed by atoms with E-state index in [9.17, 15) is 4.79 Å². The number of hydrogen-bond acceptors (Lipinski definition) is 2. The molecule has 0 saturated carbocycles. The number of anilines is 1. The smallest absolute Gasteiger partial charge is 0.150 e. The lowest BCUT2D eigenvalue weighted by atomic mass is 9.99. The molecule has 0 amide bonds. The first-order valence-corrected chi connectivity index (χ1v) is 6.60. The summed E-state index contributed by atoms with van der Waals surface area (Å²) in [7, 11) is 0. The van der Waals surface area contributed by atoms with E-state index in [0.717, 1.165) is 31.4 Å². The summed E-state index contributed by atoms with van der Waals surface area (Å²) >= 11 is 0. The van der Waals surface area contributed by atoms with Gasteiger partial charge in [-0.2, -0.15) is 0 Å². The van der Waals surface area contributed by atoms with E-state index in [0.29, 0.717) is 0 Å². The Labute approximate surface area is 104 Å². The summed E-state index contributed by atoms with van der Waals surface area (Å²) in [6, 6.07) is 4.06. The molecule has 1 heterocycles. The quantitative estimate of drug-likeness (QED) is 0.743. The number of aldehydes is 1. The Morgan fingerprint density at radius 1 is 1.24 bits per heavy atom. The maximum absolute atomic E-state index is 10.9. The van der Waals surface area contributed by atoms with Crippen LogP contribution in [0.2, 0.25) is 0 Å². The molecule has 1 aromatic rings. The lowest BCUT2D eigenvalue weighted by Gasteiger charge is -2.32. The maximum Gasteiger partial charge on any atom is 0.150 e. The van der Waals surface area contributed by atoms with Gasteiger partial charge >= 0.3 is 0 Å². The summed E-state index contributed by atoms with van der Waals surface area (Å²) in [5.41, 5.74) is 4.74. The number of hydrogen-bond donors (Lipinski definition) is 0. The first-order chi connectivity index (χ1) is 8.26. The molecule has 2 nitrogen and oxygen atoms in total. The van der Waals surface area contributed by atoms with Crippen molar-refractivity contribution in [2.24, 2.45) is 0 Å². The summed E-state index contributed by atoms with van der Waals surface area (Å²) in [5, 5.41) is 0. The zero-order valence-electron chi connectivity index (χ0n) is 10.8. The lowest BCUT2D eigenvalue weighted by Crippen LogP contribution is -2.31. The van der Waals surface area contributed by atoms with E-state index >= 15 is 0 Å². The normalized spacial score (nSPS) is 16.0. The van der Waals surface area contributed by atoms with Gasteiger partial charge < -0.3 is 4.90 Å². The van der Waals surface area contributed by atoms with Crippen LogP contribution in [0, 0.1) is 6.92 Å². The van der Waals surface area contributed by atoms with Crippen molar-refractivity contribution in [2.45, 2.75) is 39.5 Å². The Kier molecular flexibility index (Phi) is 3.82. The Bertz CT molecular complexity index is 406. The average molecular weight is 231 g/mol. The summed E-state index contributed by atoms with van der Waals surface area (Å²) < 4.78 is 0. The van der Waals surface area contributed by atoms with Crippen LogP contribution in [0.25, 0.3) is 0 Å². The van der Waals surface area contributed by atoms with Crippen LogP contribution in [0.1, 0.15) is 47.7 Å². The number of carbonyl (C=O) groups is 1. The highest BCUT2D eigenvalue weighted by molar-refractivity contribution is 5.78. The van der Waals surface area contributed by atoms with Gasteiger partial charge in [0.05, 0.1) is 0 Å². The highest BCUT2D eigenvalue weighted by atomic mass is 16.1. The van der Waals surface area contributed by atoms with E-state index in [2.05, 4.69) is 18.7 Å². The Balaban J connectivity index is 2.40. The van der Waals surface area contributed by atoms with Crippen molar-refractivity contribution in [1.29, 1.82) is 0 Å². The first-order valence-electron chi connectivity index (χ1n) is 6.60. The minimum Gasteiger partial charge on any atom is -0.371 e. The fraction of sp³-hybridized carbons (Fsp3) is 0.533. The molecule has 0 bridgehead atoms. The zero-order chi connectivity index (χ0) is 12.3. The molecule has 92 valence electrons. The monoisotopic (exact) mass is 231 g/mol. The van der Waals surface area contributed by atoms with Crippen LogP contribution in [-0.4, -0.2) is 19.4 Å². The van der Waals surface area contributed by atoms with Crippen LogP contribution >= 0.6 is 0 Å². The fourth-order valence-corrected chi connectivity index (χ4v) is 2.79. The Hall–Kier alpha value is -1.31. The molecule has 17 heavy (non-hydrogen) atoms. The summed E-state index contributed by atoms with van der Waals surface area (Å²) in [5.74, 6) is 0. The van der Waals surface area contributed by atoms with Gasteiger partial charge in [0.2, 0.25) is 0 Å². The third-order valence-corrected chi connectivity index (χ3v) is 3.59. The Morgan fingerprint density at radius 3 is 2.53 bits per heavy atom.